The number of hydrazine groups is 1. The Hall–Kier alpha value is -2.79. The van der Waals surface area contributed by atoms with E-state index < -0.39 is 22.0 Å². The SMILES string of the molecule is NC(=O)C(NNC(=O)CCc1cccc(S(=O)(=O)N2CCOCC2)c1)c1ccccc1. The summed E-state index contributed by atoms with van der Waals surface area (Å²) in [7, 11) is -3.60. The molecule has 10 heteroatoms. The van der Waals surface area contributed by atoms with Crippen LogP contribution in [-0.2, 0) is 30.8 Å². The van der Waals surface area contributed by atoms with Crippen LogP contribution in [0.25, 0.3) is 0 Å². The van der Waals surface area contributed by atoms with Gasteiger partial charge in [0.15, 0.2) is 0 Å². The Labute approximate surface area is 181 Å². The van der Waals surface area contributed by atoms with Gasteiger partial charge in [0.1, 0.15) is 6.04 Å². The standard InChI is InChI=1S/C21H26N4O5S/c22-21(27)20(17-6-2-1-3-7-17)24-23-19(26)10-9-16-5-4-8-18(15-16)31(28,29)25-11-13-30-14-12-25/h1-8,15,20,24H,9-14H2,(H2,22,27)(H,23,26). The Morgan fingerprint density at radius 3 is 2.45 bits per heavy atom. The van der Waals surface area contributed by atoms with Crippen molar-refractivity contribution >= 4 is 21.8 Å². The number of nitrogens with zero attached hydrogens (tertiary/aromatic N) is 1. The first-order valence-corrected chi connectivity index (χ1v) is 11.4. The van der Waals surface area contributed by atoms with Crippen molar-refractivity contribution in [3.05, 3.63) is 65.7 Å². The summed E-state index contributed by atoms with van der Waals surface area (Å²) in [6, 6.07) is 14.5. The summed E-state index contributed by atoms with van der Waals surface area (Å²) in [5.74, 6) is -0.962. The lowest BCUT2D eigenvalue weighted by Crippen LogP contribution is -2.45. The highest BCUT2D eigenvalue weighted by molar-refractivity contribution is 7.89. The molecular formula is C21H26N4O5S. The van der Waals surface area contributed by atoms with Crippen LogP contribution in [0.15, 0.2) is 59.5 Å². The molecule has 1 fully saturated rings. The second kappa shape index (κ2) is 10.5. The molecule has 0 aromatic heterocycles. The van der Waals surface area contributed by atoms with Crippen molar-refractivity contribution in [2.75, 3.05) is 26.3 Å². The highest BCUT2D eigenvalue weighted by Crippen LogP contribution is 2.19. The van der Waals surface area contributed by atoms with E-state index in [0.717, 1.165) is 5.56 Å². The largest absolute Gasteiger partial charge is 0.379 e. The number of amides is 2. The molecule has 31 heavy (non-hydrogen) atoms. The molecule has 0 spiro atoms. The summed E-state index contributed by atoms with van der Waals surface area (Å²) >= 11 is 0. The van der Waals surface area contributed by atoms with E-state index >= 15 is 0 Å². The zero-order valence-corrected chi connectivity index (χ0v) is 17.8. The van der Waals surface area contributed by atoms with Crippen LogP contribution >= 0.6 is 0 Å². The van der Waals surface area contributed by atoms with Crippen LogP contribution in [0.1, 0.15) is 23.6 Å². The van der Waals surface area contributed by atoms with Crippen molar-refractivity contribution in [2.45, 2.75) is 23.8 Å². The van der Waals surface area contributed by atoms with E-state index in [1.54, 1.807) is 48.5 Å². The third-order valence-electron chi connectivity index (χ3n) is 4.92. The number of benzene rings is 2. The maximum Gasteiger partial charge on any atom is 0.243 e. The maximum absolute atomic E-state index is 12.8. The van der Waals surface area contributed by atoms with Crippen LogP contribution in [-0.4, -0.2) is 50.8 Å². The van der Waals surface area contributed by atoms with Crippen molar-refractivity contribution in [2.24, 2.45) is 5.73 Å². The van der Waals surface area contributed by atoms with Crippen LogP contribution in [0.2, 0.25) is 0 Å². The minimum Gasteiger partial charge on any atom is -0.379 e. The number of morpholine rings is 1. The number of aryl methyl sites for hydroxylation is 1. The molecule has 1 unspecified atom stereocenters. The smallest absolute Gasteiger partial charge is 0.243 e. The van der Waals surface area contributed by atoms with Gasteiger partial charge in [-0.1, -0.05) is 42.5 Å². The number of rotatable bonds is 9. The van der Waals surface area contributed by atoms with Gasteiger partial charge in [-0.15, -0.1) is 0 Å². The second-order valence-corrected chi connectivity index (χ2v) is 9.04. The van der Waals surface area contributed by atoms with Crippen molar-refractivity contribution in [1.82, 2.24) is 15.2 Å². The van der Waals surface area contributed by atoms with Crippen molar-refractivity contribution in [3.8, 4) is 0 Å². The lowest BCUT2D eigenvalue weighted by atomic mass is 10.1. The molecule has 0 aliphatic carbocycles. The van der Waals surface area contributed by atoms with E-state index in [2.05, 4.69) is 10.9 Å². The molecule has 166 valence electrons. The lowest BCUT2D eigenvalue weighted by Gasteiger charge is -2.26. The topological polar surface area (TPSA) is 131 Å². The number of primary amides is 1. The molecule has 0 saturated carbocycles. The zero-order chi connectivity index (χ0) is 22.3. The molecule has 4 N–H and O–H groups in total. The molecule has 9 nitrogen and oxygen atoms in total. The fraction of sp³-hybridized carbons (Fsp3) is 0.333. The van der Waals surface area contributed by atoms with Gasteiger partial charge < -0.3 is 10.5 Å². The van der Waals surface area contributed by atoms with E-state index in [9.17, 15) is 18.0 Å². The summed E-state index contributed by atoms with van der Waals surface area (Å²) in [6.07, 6.45) is 0.445. The number of nitrogens with one attached hydrogen (secondary N) is 2. The quantitative estimate of drug-likeness (QED) is 0.481. The van der Waals surface area contributed by atoms with E-state index in [-0.39, 0.29) is 17.2 Å². The van der Waals surface area contributed by atoms with E-state index in [0.29, 0.717) is 38.3 Å². The summed E-state index contributed by atoms with van der Waals surface area (Å²) in [4.78, 5) is 24.1. The first-order chi connectivity index (χ1) is 14.9. The average Bonchev–Trinajstić information content (AvgIpc) is 2.79. The monoisotopic (exact) mass is 446 g/mol. The van der Waals surface area contributed by atoms with Crippen LogP contribution in [0.5, 0.6) is 0 Å². The molecule has 1 saturated heterocycles. The Balaban J connectivity index is 1.57. The first-order valence-electron chi connectivity index (χ1n) is 9.93. The zero-order valence-electron chi connectivity index (χ0n) is 17.0. The minimum atomic E-state index is -3.60. The van der Waals surface area contributed by atoms with Gasteiger partial charge in [0, 0.05) is 19.5 Å². The molecule has 3 rings (SSSR count). The van der Waals surface area contributed by atoms with Crippen LogP contribution < -0.4 is 16.6 Å². The van der Waals surface area contributed by atoms with Crippen LogP contribution in [0.4, 0.5) is 0 Å². The van der Waals surface area contributed by atoms with Gasteiger partial charge in [0.2, 0.25) is 21.8 Å². The molecule has 1 atom stereocenters. The molecule has 0 bridgehead atoms. The Morgan fingerprint density at radius 2 is 1.77 bits per heavy atom. The molecule has 2 aromatic rings. The molecule has 1 heterocycles. The highest BCUT2D eigenvalue weighted by Gasteiger charge is 2.26. The van der Waals surface area contributed by atoms with Crippen LogP contribution in [0, 0.1) is 0 Å². The Bertz CT molecular complexity index is 1010. The van der Waals surface area contributed by atoms with Crippen LogP contribution in [0.3, 0.4) is 0 Å². The fourth-order valence-electron chi connectivity index (χ4n) is 3.23. The molecular weight excluding hydrogens is 420 g/mol. The van der Waals surface area contributed by atoms with Crippen molar-refractivity contribution in [1.29, 1.82) is 0 Å². The maximum atomic E-state index is 12.8. The number of ether oxygens (including phenoxy) is 1. The van der Waals surface area contributed by atoms with Gasteiger partial charge in [-0.25, -0.2) is 13.8 Å². The third-order valence-corrected chi connectivity index (χ3v) is 6.81. The number of hydrogen-bond donors (Lipinski definition) is 3. The average molecular weight is 447 g/mol. The van der Waals surface area contributed by atoms with Crippen molar-refractivity contribution < 1.29 is 22.7 Å². The number of hydrogen-bond acceptors (Lipinski definition) is 6. The van der Waals surface area contributed by atoms with Gasteiger partial charge in [-0.3, -0.25) is 15.0 Å². The molecule has 0 radical (unpaired) electrons. The fourth-order valence-corrected chi connectivity index (χ4v) is 4.71. The molecule has 2 aromatic carbocycles. The van der Waals surface area contributed by atoms with Crippen molar-refractivity contribution in [3.63, 3.8) is 0 Å². The summed E-state index contributed by atoms with van der Waals surface area (Å²) < 4.78 is 32.2. The van der Waals surface area contributed by atoms with Gasteiger partial charge in [0.25, 0.3) is 0 Å². The minimum absolute atomic E-state index is 0.105. The van der Waals surface area contributed by atoms with E-state index in [1.807, 2.05) is 6.07 Å². The number of carbonyl (C=O) groups excluding carboxylic acids is 2. The summed E-state index contributed by atoms with van der Waals surface area (Å²) in [5, 5.41) is 0. The predicted molar refractivity (Wildman–Crippen MR) is 114 cm³/mol. The van der Waals surface area contributed by atoms with Gasteiger partial charge in [0.05, 0.1) is 18.1 Å². The lowest BCUT2D eigenvalue weighted by molar-refractivity contribution is -0.124. The Kier molecular flexibility index (Phi) is 7.75. The van der Waals surface area contributed by atoms with Gasteiger partial charge in [-0.05, 0) is 29.7 Å². The van der Waals surface area contributed by atoms with E-state index in [1.165, 1.54) is 4.31 Å². The molecule has 1 aliphatic heterocycles. The first kappa shape index (κ1) is 22.9. The molecule has 2 amide bonds. The van der Waals surface area contributed by atoms with E-state index in [4.69, 9.17) is 10.5 Å². The Morgan fingerprint density at radius 1 is 1.06 bits per heavy atom. The van der Waals surface area contributed by atoms with Gasteiger partial charge >= 0.3 is 0 Å². The summed E-state index contributed by atoms with van der Waals surface area (Å²) in [5.41, 5.74) is 11.9. The normalized spacial score (nSPS) is 15.9. The predicted octanol–water partition coefficient (Wildman–Crippen LogP) is 0.488. The second-order valence-electron chi connectivity index (χ2n) is 7.10. The number of nitrogens with two attached hydrogens (primary N) is 1. The number of carbonyl (C=O) groups is 2. The number of sulfonamides is 1. The molecule has 1 aliphatic rings. The highest BCUT2D eigenvalue weighted by atomic mass is 32.2. The van der Waals surface area contributed by atoms with Gasteiger partial charge in [-0.2, -0.15) is 4.31 Å². The third kappa shape index (κ3) is 6.11. The summed E-state index contributed by atoms with van der Waals surface area (Å²) in [6.45, 7) is 1.40.